The zero-order chi connectivity index (χ0) is 5.28. The first-order chi connectivity index (χ1) is 3.30. The molecular weight excluding hydrogens is 106 g/mol. The van der Waals surface area contributed by atoms with Crippen LogP contribution in [0.3, 0.4) is 0 Å². The molecule has 40 valence electrons. The Kier molecular flexibility index (Phi) is 1.28. The summed E-state index contributed by atoms with van der Waals surface area (Å²) >= 11 is 1.80. The molecule has 0 aliphatic carbocycles. The van der Waals surface area contributed by atoms with Gasteiger partial charge in [0, 0.05) is 17.4 Å². The molecule has 0 saturated heterocycles. The van der Waals surface area contributed by atoms with Crippen LogP contribution in [0.15, 0.2) is 11.1 Å². The van der Waals surface area contributed by atoms with Crippen molar-refractivity contribution < 1.29 is 0 Å². The third kappa shape index (κ3) is 0.911. The van der Waals surface area contributed by atoms with Gasteiger partial charge in [0.15, 0.2) is 0 Å². The van der Waals surface area contributed by atoms with Crippen LogP contribution in [-0.2, 0) is 0 Å². The lowest BCUT2D eigenvalue weighted by atomic mass is 10.2. The van der Waals surface area contributed by atoms with E-state index in [-0.39, 0.29) is 0 Å². The summed E-state index contributed by atoms with van der Waals surface area (Å²) in [5.74, 6) is 1.79. The van der Waals surface area contributed by atoms with Crippen molar-refractivity contribution in [2.24, 2.45) is 11.7 Å². The molecule has 7 heavy (non-hydrogen) atoms. The Hall–Kier alpha value is -0.110. The molecule has 0 aromatic rings. The van der Waals surface area contributed by atoms with E-state index in [1.807, 2.05) is 5.41 Å². The molecule has 1 rings (SSSR count). The predicted octanol–water partition coefficient (Wildman–Crippen LogP) is 1.17. The molecule has 0 radical (unpaired) electrons. The van der Waals surface area contributed by atoms with Crippen LogP contribution < -0.4 is 5.73 Å². The Bertz CT molecular complexity index is 98.3. The lowest BCUT2D eigenvalue weighted by Crippen LogP contribution is -2.04. The van der Waals surface area contributed by atoms with Crippen LogP contribution >= 0.6 is 11.8 Å². The van der Waals surface area contributed by atoms with Gasteiger partial charge in [-0.1, -0.05) is 6.92 Å². The second-order valence-corrected chi connectivity index (χ2v) is 2.75. The van der Waals surface area contributed by atoms with Gasteiger partial charge in [-0.2, -0.15) is 0 Å². The van der Waals surface area contributed by atoms with E-state index >= 15 is 0 Å². The van der Waals surface area contributed by atoms with Gasteiger partial charge in [-0.25, -0.2) is 0 Å². The van der Waals surface area contributed by atoms with Crippen LogP contribution in [0.5, 0.6) is 0 Å². The first kappa shape index (κ1) is 5.04. The SMILES string of the molecule is CC1CSC=C1N. The van der Waals surface area contributed by atoms with Crippen molar-refractivity contribution >= 4 is 11.8 Å². The normalized spacial score (nSPS) is 30.4. The first-order valence-electron chi connectivity index (χ1n) is 2.38. The maximum Gasteiger partial charge on any atom is 0.0182 e. The van der Waals surface area contributed by atoms with Crippen molar-refractivity contribution in [2.75, 3.05) is 5.75 Å². The third-order valence-corrected chi connectivity index (χ3v) is 2.27. The fourth-order valence-electron chi connectivity index (χ4n) is 0.501. The Labute approximate surface area is 48.0 Å². The number of nitrogens with two attached hydrogens (primary N) is 1. The van der Waals surface area contributed by atoms with Gasteiger partial charge < -0.3 is 5.73 Å². The van der Waals surface area contributed by atoms with Crippen LogP contribution in [-0.4, -0.2) is 5.75 Å². The first-order valence-corrected chi connectivity index (χ1v) is 3.42. The van der Waals surface area contributed by atoms with Gasteiger partial charge in [0.25, 0.3) is 0 Å². The van der Waals surface area contributed by atoms with Crippen LogP contribution in [0.1, 0.15) is 6.92 Å². The van der Waals surface area contributed by atoms with Gasteiger partial charge >= 0.3 is 0 Å². The Balaban J connectivity index is 2.54. The minimum absolute atomic E-state index is 0.616. The zero-order valence-corrected chi connectivity index (χ0v) is 5.16. The Morgan fingerprint density at radius 3 is 2.86 bits per heavy atom. The van der Waals surface area contributed by atoms with Gasteiger partial charge in [0.2, 0.25) is 0 Å². The van der Waals surface area contributed by atoms with E-state index in [1.165, 1.54) is 5.75 Å². The summed E-state index contributed by atoms with van der Waals surface area (Å²) in [5, 5.41) is 2.03. The molecule has 1 unspecified atom stereocenters. The lowest BCUT2D eigenvalue weighted by molar-refractivity contribution is 0.786. The third-order valence-electron chi connectivity index (χ3n) is 1.13. The largest absolute Gasteiger partial charge is 0.401 e. The molecule has 0 amide bonds. The molecule has 0 bridgehead atoms. The summed E-state index contributed by atoms with van der Waals surface area (Å²) in [6.45, 7) is 2.14. The molecule has 0 spiro atoms. The smallest absolute Gasteiger partial charge is 0.0182 e. The van der Waals surface area contributed by atoms with E-state index in [4.69, 9.17) is 5.73 Å². The van der Waals surface area contributed by atoms with Crippen LogP contribution in [0.2, 0.25) is 0 Å². The highest BCUT2D eigenvalue weighted by atomic mass is 32.2. The predicted molar refractivity (Wildman–Crippen MR) is 33.9 cm³/mol. The van der Waals surface area contributed by atoms with Gasteiger partial charge in [-0.3, -0.25) is 0 Å². The number of hydrogen-bond acceptors (Lipinski definition) is 2. The molecule has 1 aliphatic rings. The molecule has 1 aliphatic heterocycles. The molecule has 1 nitrogen and oxygen atoms in total. The average Bonchev–Trinajstić information content (AvgIpc) is 1.91. The summed E-state index contributed by atoms with van der Waals surface area (Å²) < 4.78 is 0. The molecule has 0 saturated carbocycles. The molecule has 2 heteroatoms. The van der Waals surface area contributed by atoms with Crippen LogP contribution in [0.25, 0.3) is 0 Å². The minimum atomic E-state index is 0.616. The monoisotopic (exact) mass is 115 g/mol. The summed E-state index contributed by atoms with van der Waals surface area (Å²) in [7, 11) is 0. The number of allylic oxidation sites excluding steroid dienone is 1. The molecule has 1 atom stereocenters. The van der Waals surface area contributed by atoms with E-state index in [9.17, 15) is 0 Å². The molecule has 0 aromatic carbocycles. The number of rotatable bonds is 0. The van der Waals surface area contributed by atoms with Crippen LogP contribution in [0.4, 0.5) is 0 Å². The summed E-state index contributed by atoms with van der Waals surface area (Å²) in [4.78, 5) is 0. The van der Waals surface area contributed by atoms with Gasteiger partial charge in [-0.05, 0) is 5.41 Å². The summed E-state index contributed by atoms with van der Waals surface area (Å²) in [5.41, 5.74) is 6.56. The molecule has 0 fully saturated rings. The van der Waals surface area contributed by atoms with Crippen molar-refractivity contribution in [3.05, 3.63) is 11.1 Å². The quantitative estimate of drug-likeness (QED) is 0.513. The van der Waals surface area contributed by atoms with Crippen molar-refractivity contribution in [2.45, 2.75) is 6.92 Å². The Morgan fingerprint density at radius 2 is 2.71 bits per heavy atom. The standard InChI is InChI=1S/C5H9NS/c1-4-2-7-3-5(4)6/h3-4H,2,6H2,1H3. The average molecular weight is 115 g/mol. The Morgan fingerprint density at radius 1 is 2.00 bits per heavy atom. The second-order valence-electron chi connectivity index (χ2n) is 1.85. The molecule has 2 N–H and O–H groups in total. The fraction of sp³-hybridized carbons (Fsp3) is 0.600. The van der Waals surface area contributed by atoms with E-state index in [1.54, 1.807) is 11.8 Å². The van der Waals surface area contributed by atoms with E-state index in [0.717, 1.165) is 5.70 Å². The summed E-state index contributed by atoms with van der Waals surface area (Å²) in [6, 6.07) is 0. The van der Waals surface area contributed by atoms with Crippen molar-refractivity contribution in [1.82, 2.24) is 0 Å². The van der Waals surface area contributed by atoms with E-state index in [0.29, 0.717) is 5.92 Å². The maximum absolute atomic E-state index is 5.52. The molecular formula is C5H9NS. The minimum Gasteiger partial charge on any atom is -0.401 e. The van der Waals surface area contributed by atoms with Crippen LogP contribution in [0, 0.1) is 5.92 Å². The zero-order valence-electron chi connectivity index (χ0n) is 4.35. The number of thioether (sulfide) groups is 1. The van der Waals surface area contributed by atoms with Crippen molar-refractivity contribution in [3.8, 4) is 0 Å². The highest BCUT2D eigenvalue weighted by Gasteiger charge is 2.09. The van der Waals surface area contributed by atoms with Gasteiger partial charge in [0.1, 0.15) is 0 Å². The molecule has 1 heterocycles. The van der Waals surface area contributed by atoms with Gasteiger partial charge in [-0.15, -0.1) is 11.8 Å². The van der Waals surface area contributed by atoms with Crippen molar-refractivity contribution in [3.63, 3.8) is 0 Å². The fourth-order valence-corrected chi connectivity index (χ4v) is 1.50. The number of hydrogen-bond donors (Lipinski definition) is 1. The summed E-state index contributed by atoms with van der Waals surface area (Å²) in [6.07, 6.45) is 0. The highest BCUT2D eigenvalue weighted by Crippen LogP contribution is 2.23. The highest BCUT2D eigenvalue weighted by molar-refractivity contribution is 8.02. The maximum atomic E-state index is 5.52. The second kappa shape index (κ2) is 1.78. The van der Waals surface area contributed by atoms with Crippen molar-refractivity contribution in [1.29, 1.82) is 0 Å². The van der Waals surface area contributed by atoms with E-state index in [2.05, 4.69) is 6.92 Å². The van der Waals surface area contributed by atoms with E-state index < -0.39 is 0 Å². The topological polar surface area (TPSA) is 26.0 Å². The van der Waals surface area contributed by atoms with Gasteiger partial charge in [0.05, 0.1) is 0 Å². The molecule has 0 aromatic heterocycles. The lowest BCUT2D eigenvalue weighted by Gasteiger charge is -1.97.